The molecule has 1 aromatic carbocycles. The normalized spacial score (nSPS) is 31.4. The smallest absolute Gasteiger partial charge is 0.178 e. The lowest BCUT2D eigenvalue weighted by Crippen LogP contribution is -2.57. The number of nitrogens with zero attached hydrogens (tertiary/aromatic N) is 2. The van der Waals surface area contributed by atoms with E-state index in [9.17, 15) is 4.79 Å². The molecule has 0 radical (unpaired) electrons. The maximum absolute atomic E-state index is 14.0. The van der Waals surface area contributed by atoms with E-state index >= 15 is 0 Å². The topological polar surface area (TPSA) is 32.8 Å². The number of hydrogen-bond acceptors (Lipinski definition) is 4. The first-order chi connectivity index (χ1) is 13.9. The molecule has 2 fully saturated rings. The molecule has 1 aromatic rings. The summed E-state index contributed by atoms with van der Waals surface area (Å²) >= 11 is 7.14. The fourth-order valence-corrected chi connectivity index (χ4v) is 6.78. The maximum Gasteiger partial charge on any atom is 0.178 e. The van der Waals surface area contributed by atoms with Gasteiger partial charge in [-0.1, -0.05) is 29.8 Å². The highest BCUT2D eigenvalue weighted by atomic mass is 79.9. The number of Topliss-reactive ketones (excluding diaryl/α,β-unsaturated/α-hetero) is 1. The summed E-state index contributed by atoms with van der Waals surface area (Å²) in [6.45, 7) is 11.1. The summed E-state index contributed by atoms with van der Waals surface area (Å²) in [4.78, 5) is 19.0. The molecule has 0 N–H and O–H groups in total. The molecular weight excluding hydrogens is 496 g/mol. The van der Waals surface area contributed by atoms with Gasteiger partial charge in [0.25, 0.3) is 0 Å². The summed E-state index contributed by atoms with van der Waals surface area (Å²) in [5.41, 5.74) is 0.217. The highest BCUT2D eigenvalue weighted by Gasteiger charge is 2.47. The number of fused-ring (bicyclic) bond motifs is 1. The molecule has 0 bridgehead atoms. The molecule has 0 amide bonds. The van der Waals surface area contributed by atoms with Crippen LogP contribution in [0, 0.1) is 17.3 Å². The second kappa shape index (κ2) is 8.97. The summed E-state index contributed by atoms with van der Waals surface area (Å²) in [6, 6.07) is 3.89. The van der Waals surface area contributed by atoms with Gasteiger partial charge in [-0.05, 0) is 78.7 Å². The zero-order chi connectivity index (χ0) is 20.6. The predicted octanol–water partition coefficient (Wildman–Crippen LogP) is 5.24. The van der Waals surface area contributed by atoms with Crippen molar-refractivity contribution < 1.29 is 9.53 Å². The van der Waals surface area contributed by atoms with E-state index in [2.05, 4.69) is 55.5 Å². The third-order valence-corrected chi connectivity index (χ3v) is 7.81. The molecule has 0 aromatic heterocycles. The molecule has 3 aliphatic rings. The number of rotatable bonds is 4. The summed E-state index contributed by atoms with van der Waals surface area (Å²) < 4.78 is 8.05. The van der Waals surface area contributed by atoms with Crippen LogP contribution < -0.4 is 4.74 Å². The van der Waals surface area contributed by atoms with Crippen LogP contribution in [-0.4, -0.2) is 61.5 Å². The lowest BCUT2D eigenvalue weighted by Gasteiger charge is -2.45. The largest absolute Gasteiger partial charge is 0.490 e. The van der Waals surface area contributed by atoms with Crippen LogP contribution >= 0.6 is 31.9 Å². The Kier molecular flexibility index (Phi) is 6.74. The van der Waals surface area contributed by atoms with Crippen LogP contribution in [0.5, 0.6) is 5.75 Å². The molecule has 0 aliphatic carbocycles. The van der Waals surface area contributed by atoms with Crippen molar-refractivity contribution in [2.45, 2.75) is 39.5 Å². The number of benzene rings is 1. The number of ketones is 1. The van der Waals surface area contributed by atoms with Crippen molar-refractivity contribution in [3.05, 3.63) is 26.6 Å². The molecule has 2 unspecified atom stereocenters. The number of piperidine rings is 2. The number of halogens is 2. The molecule has 2 atom stereocenters. The van der Waals surface area contributed by atoms with E-state index in [4.69, 9.17) is 4.74 Å². The van der Waals surface area contributed by atoms with Crippen LogP contribution in [0.25, 0.3) is 0 Å². The molecule has 29 heavy (non-hydrogen) atoms. The highest BCUT2D eigenvalue weighted by Crippen LogP contribution is 2.42. The van der Waals surface area contributed by atoms with Crippen LogP contribution in [0.4, 0.5) is 0 Å². The van der Waals surface area contributed by atoms with E-state index in [0.717, 1.165) is 48.2 Å². The van der Waals surface area contributed by atoms with E-state index in [1.54, 1.807) is 0 Å². The standard InChI is InChI=1S/C23H32Br2N2O2/c1-16-5-3-7-26(11-16)13-23(14-27-8-4-6-17(2)12-27)15-29-21-19(22(23)28)9-18(24)10-20(21)25/h9-10,16-17H,3-8,11-15H2,1-2H3. The lowest BCUT2D eigenvalue weighted by atomic mass is 9.76. The zero-order valence-electron chi connectivity index (χ0n) is 17.6. The van der Waals surface area contributed by atoms with E-state index < -0.39 is 5.41 Å². The van der Waals surface area contributed by atoms with Crippen LogP contribution in [-0.2, 0) is 0 Å². The van der Waals surface area contributed by atoms with Gasteiger partial charge in [-0.3, -0.25) is 4.79 Å². The van der Waals surface area contributed by atoms with Crippen molar-refractivity contribution in [3.8, 4) is 5.75 Å². The molecule has 3 heterocycles. The molecule has 160 valence electrons. The minimum absolute atomic E-state index is 0.247. The summed E-state index contributed by atoms with van der Waals surface area (Å²) in [5, 5.41) is 0. The van der Waals surface area contributed by atoms with E-state index in [-0.39, 0.29) is 5.78 Å². The van der Waals surface area contributed by atoms with Crippen molar-refractivity contribution in [2.24, 2.45) is 17.3 Å². The first-order valence-corrected chi connectivity index (χ1v) is 12.6. The molecule has 4 rings (SSSR count). The van der Waals surface area contributed by atoms with Crippen molar-refractivity contribution in [3.63, 3.8) is 0 Å². The first-order valence-electron chi connectivity index (χ1n) is 11.0. The molecular formula is C23H32Br2N2O2. The molecule has 0 saturated carbocycles. The molecule has 4 nitrogen and oxygen atoms in total. The molecule has 6 heteroatoms. The Balaban J connectivity index is 1.65. The zero-order valence-corrected chi connectivity index (χ0v) is 20.7. The average molecular weight is 528 g/mol. The fraction of sp³-hybridized carbons (Fsp3) is 0.696. The van der Waals surface area contributed by atoms with Gasteiger partial charge >= 0.3 is 0 Å². The van der Waals surface area contributed by atoms with Crippen LogP contribution in [0.2, 0.25) is 0 Å². The maximum atomic E-state index is 14.0. The van der Waals surface area contributed by atoms with Gasteiger partial charge in [0.15, 0.2) is 5.78 Å². The van der Waals surface area contributed by atoms with Crippen LogP contribution in [0.15, 0.2) is 21.1 Å². The van der Waals surface area contributed by atoms with Gasteiger partial charge < -0.3 is 14.5 Å². The Bertz CT molecular complexity index is 745. The van der Waals surface area contributed by atoms with Crippen molar-refractivity contribution in [1.29, 1.82) is 0 Å². The third kappa shape index (κ3) is 4.76. The predicted molar refractivity (Wildman–Crippen MR) is 124 cm³/mol. The summed E-state index contributed by atoms with van der Waals surface area (Å²) in [5.74, 6) is 2.35. The Morgan fingerprint density at radius 3 is 2.17 bits per heavy atom. The summed E-state index contributed by atoms with van der Waals surface area (Å²) in [7, 11) is 0. The Morgan fingerprint density at radius 2 is 1.62 bits per heavy atom. The van der Waals surface area contributed by atoms with Gasteiger partial charge in [0.2, 0.25) is 0 Å². The third-order valence-electron chi connectivity index (χ3n) is 6.76. The van der Waals surface area contributed by atoms with E-state index in [1.165, 1.54) is 25.7 Å². The first kappa shape index (κ1) is 21.8. The van der Waals surface area contributed by atoms with Crippen molar-refractivity contribution in [2.75, 3.05) is 45.9 Å². The van der Waals surface area contributed by atoms with Crippen LogP contribution in [0.3, 0.4) is 0 Å². The lowest BCUT2D eigenvalue weighted by molar-refractivity contribution is 0.0162. The Hall–Kier alpha value is -0.430. The monoisotopic (exact) mass is 526 g/mol. The summed E-state index contributed by atoms with van der Waals surface area (Å²) in [6.07, 6.45) is 5.03. The number of ether oxygens (including phenoxy) is 1. The second-order valence-electron chi connectivity index (χ2n) is 9.63. The number of hydrogen-bond donors (Lipinski definition) is 0. The van der Waals surface area contributed by atoms with Crippen molar-refractivity contribution >= 4 is 37.6 Å². The highest BCUT2D eigenvalue weighted by molar-refractivity contribution is 9.11. The SMILES string of the molecule is CC1CCCN(CC2(CN3CCCC(C)C3)COc3c(Br)cc(Br)cc3C2=O)C1. The van der Waals surface area contributed by atoms with Crippen molar-refractivity contribution in [1.82, 2.24) is 9.80 Å². The molecule has 3 aliphatic heterocycles. The number of carbonyl (C=O) groups is 1. The minimum Gasteiger partial charge on any atom is -0.490 e. The Labute approximate surface area is 191 Å². The molecule has 2 saturated heterocycles. The minimum atomic E-state index is -0.499. The average Bonchev–Trinajstić information content (AvgIpc) is 2.65. The van der Waals surface area contributed by atoms with Gasteiger partial charge in [0.1, 0.15) is 12.4 Å². The van der Waals surface area contributed by atoms with Gasteiger partial charge in [-0.15, -0.1) is 0 Å². The van der Waals surface area contributed by atoms with Gasteiger partial charge in [0, 0.05) is 30.7 Å². The number of likely N-dealkylation sites (tertiary alicyclic amines) is 2. The van der Waals surface area contributed by atoms with Gasteiger partial charge in [-0.25, -0.2) is 0 Å². The molecule has 0 spiro atoms. The van der Waals surface area contributed by atoms with E-state index in [0.29, 0.717) is 29.8 Å². The second-order valence-corrected chi connectivity index (χ2v) is 11.4. The van der Waals surface area contributed by atoms with E-state index in [1.807, 2.05) is 12.1 Å². The fourth-order valence-electron chi connectivity index (χ4n) is 5.44. The van der Waals surface area contributed by atoms with Crippen LogP contribution in [0.1, 0.15) is 49.9 Å². The quantitative estimate of drug-likeness (QED) is 0.536. The van der Waals surface area contributed by atoms with Gasteiger partial charge in [-0.2, -0.15) is 0 Å². The number of carbonyl (C=O) groups excluding carboxylic acids is 1. The van der Waals surface area contributed by atoms with Gasteiger partial charge in [0.05, 0.1) is 15.5 Å². The Morgan fingerprint density at radius 1 is 1.03 bits per heavy atom.